The number of carbonyl (C=O) groups is 1. The predicted octanol–water partition coefficient (Wildman–Crippen LogP) is 1.63. The molecule has 25 heavy (non-hydrogen) atoms. The summed E-state index contributed by atoms with van der Waals surface area (Å²) in [7, 11) is -1.13. The molecule has 3 N–H and O–H groups in total. The third kappa shape index (κ3) is 4.77. The van der Waals surface area contributed by atoms with Gasteiger partial charge in [-0.2, -0.15) is 0 Å². The van der Waals surface area contributed by atoms with E-state index < -0.39 is 16.0 Å². The zero-order valence-corrected chi connectivity index (χ0v) is 14.5. The van der Waals surface area contributed by atoms with Crippen LogP contribution in [0.4, 0.5) is 11.4 Å². The van der Waals surface area contributed by atoms with Crippen molar-refractivity contribution in [2.24, 2.45) is 0 Å². The summed E-state index contributed by atoms with van der Waals surface area (Å²) in [6.07, 6.45) is 0. The molecule has 9 heteroatoms. The molecule has 0 aliphatic carbocycles. The van der Waals surface area contributed by atoms with E-state index in [1.165, 1.54) is 44.6 Å². The number of nitrogens with two attached hydrogens (primary N) is 1. The highest BCUT2D eigenvalue weighted by atomic mass is 32.2. The van der Waals surface area contributed by atoms with Gasteiger partial charge < -0.3 is 19.9 Å². The molecule has 0 aromatic heterocycles. The van der Waals surface area contributed by atoms with Gasteiger partial charge in [-0.05, 0) is 36.4 Å². The highest BCUT2D eigenvalue weighted by Crippen LogP contribution is 2.27. The summed E-state index contributed by atoms with van der Waals surface area (Å²) in [5.41, 5.74) is 6.27. The molecule has 0 aliphatic rings. The second kappa shape index (κ2) is 7.75. The lowest BCUT2D eigenvalue weighted by Crippen LogP contribution is -2.15. The van der Waals surface area contributed by atoms with Crippen LogP contribution in [-0.2, 0) is 19.6 Å². The van der Waals surface area contributed by atoms with E-state index in [0.717, 1.165) is 0 Å². The fourth-order valence-electron chi connectivity index (χ4n) is 1.87. The molecule has 2 rings (SSSR count). The van der Waals surface area contributed by atoms with Crippen LogP contribution in [-0.4, -0.2) is 35.2 Å². The largest absolute Gasteiger partial charge is 0.497 e. The van der Waals surface area contributed by atoms with Gasteiger partial charge in [0.25, 0.3) is 10.0 Å². The van der Waals surface area contributed by atoms with Gasteiger partial charge in [0.05, 0.1) is 30.5 Å². The molecule has 2 aromatic carbocycles. The normalized spacial score (nSPS) is 10.8. The molecule has 0 aliphatic heterocycles. The first-order valence-electron chi connectivity index (χ1n) is 7.11. The van der Waals surface area contributed by atoms with E-state index >= 15 is 0 Å². The molecular weight excluding hydrogens is 348 g/mol. The van der Waals surface area contributed by atoms with Crippen LogP contribution in [0.25, 0.3) is 0 Å². The molecule has 0 saturated heterocycles. The summed E-state index contributed by atoms with van der Waals surface area (Å²) in [5, 5.41) is 0. The predicted molar refractivity (Wildman–Crippen MR) is 92.2 cm³/mol. The van der Waals surface area contributed by atoms with Crippen molar-refractivity contribution in [3.63, 3.8) is 0 Å². The van der Waals surface area contributed by atoms with Crippen LogP contribution < -0.4 is 19.9 Å². The first-order valence-corrected chi connectivity index (χ1v) is 8.60. The van der Waals surface area contributed by atoms with E-state index in [-0.39, 0.29) is 22.9 Å². The Balaban J connectivity index is 2.15. The number of sulfonamides is 1. The molecule has 0 heterocycles. The van der Waals surface area contributed by atoms with Crippen LogP contribution >= 0.6 is 0 Å². The number of anilines is 2. The van der Waals surface area contributed by atoms with E-state index in [1.54, 1.807) is 12.1 Å². The maximum atomic E-state index is 12.5. The molecule has 2 aromatic rings. The minimum atomic E-state index is -3.85. The number of carbonyl (C=O) groups excluding carboxylic acids is 1. The Morgan fingerprint density at radius 1 is 1.08 bits per heavy atom. The topological polar surface area (TPSA) is 117 Å². The summed E-state index contributed by atoms with van der Waals surface area (Å²) < 4.78 is 42.0. The van der Waals surface area contributed by atoms with Crippen molar-refractivity contribution < 1.29 is 27.4 Å². The van der Waals surface area contributed by atoms with Crippen molar-refractivity contribution in [3.05, 3.63) is 42.5 Å². The third-order valence-electron chi connectivity index (χ3n) is 3.22. The number of hydrogen-bond donors (Lipinski definition) is 2. The van der Waals surface area contributed by atoms with Gasteiger partial charge in [0.2, 0.25) is 0 Å². The quantitative estimate of drug-likeness (QED) is 0.565. The number of hydrogen-bond acceptors (Lipinski definition) is 7. The average molecular weight is 366 g/mol. The van der Waals surface area contributed by atoms with Gasteiger partial charge in [-0.1, -0.05) is 0 Å². The maximum absolute atomic E-state index is 12.5. The summed E-state index contributed by atoms with van der Waals surface area (Å²) >= 11 is 0. The van der Waals surface area contributed by atoms with Gasteiger partial charge in [0, 0.05) is 6.07 Å². The lowest BCUT2D eigenvalue weighted by Gasteiger charge is -2.12. The Kier molecular flexibility index (Phi) is 5.71. The van der Waals surface area contributed by atoms with Crippen LogP contribution in [0.3, 0.4) is 0 Å². The first kappa shape index (κ1) is 18.4. The van der Waals surface area contributed by atoms with Crippen molar-refractivity contribution in [3.8, 4) is 11.5 Å². The second-order valence-corrected chi connectivity index (χ2v) is 6.58. The van der Waals surface area contributed by atoms with Gasteiger partial charge in [-0.15, -0.1) is 0 Å². The number of methoxy groups -OCH3 is 2. The second-order valence-electron chi connectivity index (χ2n) is 4.89. The van der Waals surface area contributed by atoms with Gasteiger partial charge in [0.15, 0.2) is 6.61 Å². The third-order valence-corrected chi connectivity index (χ3v) is 4.60. The first-order chi connectivity index (χ1) is 11.9. The molecule has 0 amide bonds. The SMILES string of the molecule is COC(=O)COc1ccc(S(=O)(=O)Nc2cc(OC)ccc2N)cc1. The molecule has 0 saturated carbocycles. The maximum Gasteiger partial charge on any atom is 0.343 e. The van der Waals surface area contributed by atoms with E-state index in [2.05, 4.69) is 9.46 Å². The summed E-state index contributed by atoms with van der Waals surface area (Å²) in [6, 6.07) is 10.2. The molecule has 0 atom stereocenters. The number of ether oxygens (including phenoxy) is 3. The average Bonchev–Trinajstić information content (AvgIpc) is 2.61. The Morgan fingerprint density at radius 3 is 2.32 bits per heavy atom. The minimum Gasteiger partial charge on any atom is -0.497 e. The Morgan fingerprint density at radius 2 is 1.72 bits per heavy atom. The van der Waals surface area contributed by atoms with Gasteiger partial charge >= 0.3 is 5.97 Å². The number of nitrogen functional groups attached to an aromatic ring is 1. The Labute approximate surface area is 145 Å². The van der Waals surface area contributed by atoms with Crippen molar-refractivity contribution in [1.82, 2.24) is 0 Å². The van der Waals surface area contributed by atoms with Crippen LogP contribution in [0.2, 0.25) is 0 Å². The molecule has 0 fully saturated rings. The summed E-state index contributed by atoms with van der Waals surface area (Å²) in [6.45, 7) is -0.263. The van der Waals surface area contributed by atoms with Crippen molar-refractivity contribution in [1.29, 1.82) is 0 Å². The van der Waals surface area contributed by atoms with Crippen LogP contribution in [0.5, 0.6) is 11.5 Å². The van der Waals surface area contributed by atoms with E-state index in [0.29, 0.717) is 11.5 Å². The lowest BCUT2D eigenvalue weighted by atomic mass is 10.2. The molecule has 8 nitrogen and oxygen atoms in total. The van der Waals surface area contributed by atoms with E-state index in [9.17, 15) is 13.2 Å². The van der Waals surface area contributed by atoms with Crippen molar-refractivity contribution in [2.45, 2.75) is 4.90 Å². The Bertz CT molecular complexity index is 849. The zero-order chi connectivity index (χ0) is 18.4. The van der Waals surface area contributed by atoms with E-state index in [4.69, 9.17) is 15.2 Å². The molecule has 134 valence electrons. The van der Waals surface area contributed by atoms with Crippen molar-refractivity contribution in [2.75, 3.05) is 31.3 Å². The number of rotatable bonds is 7. The van der Waals surface area contributed by atoms with Crippen molar-refractivity contribution >= 4 is 27.4 Å². The summed E-state index contributed by atoms with van der Waals surface area (Å²) in [5.74, 6) is 0.274. The smallest absolute Gasteiger partial charge is 0.343 e. The molecule has 0 spiro atoms. The standard InChI is InChI=1S/C16H18N2O6S/c1-22-12-5-8-14(17)15(9-12)18-25(20,21)13-6-3-11(4-7-13)24-10-16(19)23-2/h3-9,18H,10,17H2,1-2H3. The molecule has 0 radical (unpaired) electrons. The fraction of sp³-hybridized carbons (Fsp3) is 0.188. The monoisotopic (exact) mass is 366 g/mol. The van der Waals surface area contributed by atoms with Gasteiger partial charge in [-0.3, -0.25) is 4.72 Å². The highest BCUT2D eigenvalue weighted by Gasteiger charge is 2.16. The number of esters is 1. The fourth-order valence-corrected chi connectivity index (χ4v) is 2.95. The summed E-state index contributed by atoms with van der Waals surface area (Å²) in [4.78, 5) is 11.0. The lowest BCUT2D eigenvalue weighted by molar-refractivity contribution is -0.142. The molecule has 0 unspecified atom stereocenters. The minimum absolute atomic E-state index is 0.0140. The molecular formula is C16H18N2O6S. The number of nitrogens with one attached hydrogen (secondary N) is 1. The van der Waals surface area contributed by atoms with Crippen LogP contribution in [0.1, 0.15) is 0 Å². The van der Waals surface area contributed by atoms with Gasteiger partial charge in [0.1, 0.15) is 11.5 Å². The van der Waals surface area contributed by atoms with Gasteiger partial charge in [-0.25, -0.2) is 13.2 Å². The van der Waals surface area contributed by atoms with E-state index in [1.807, 2.05) is 0 Å². The highest BCUT2D eigenvalue weighted by molar-refractivity contribution is 7.92. The zero-order valence-electron chi connectivity index (χ0n) is 13.7. The number of benzene rings is 2. The molecule has 0 bridgehead atoms. The Hall–Kier alpha value is -2.94. The van der Waals surface area contributed by atoms with Crippen LogP contribution in [0.15, 0.2) is 47.4 Å². The van der Waals surface area contributed by atoms with Crippen LogP contribution in [0, 0.1) is 0 Å².